The Morgan fingerprint density at radius 1 is 1.45 bits per heavy atom. The van der Waals surface area contributed by atoms with Crippen LogP contribution in [0.15, 0.2) is 30.6 Å². The Bertz CT molecular complexity index is 666. The van der Waals surface area contributed by atoms with Crippen LogP contribution in [0, 0.1) is 18.7 Å². The van der Waals surface area contributed by atoms with Gasteiger partial charge in [0.25, 0.3) is 0 Å². The molecular weight excluding hydrogens is 283 g/mol. The molecule has 2 unspecified atom stereocenters. The highest BCUT2D eigenvalue weighted by molar-refractivity contribution is 5.78. The highest BCUT2D eigenvalue weighted by atomic mass is 19.1. The third kappa shape index (κ3) is 3.51. The fourth-order valence-electron chi connectivity index (χ4n) is 2.08. The van der Waals surface area contributed by atoms with E-state index in [1.807, 2.05) is 6.92 Å². The molecule has 1 aromatic heterocycles. The van der Waals surface area contributed by atoms with Crippen LogP contribution in [0.5, 0.6) is 0 Å². The molecule has 2 aromatic rings. The van der Waals surface area contributed by atoms with Crippen molar-refractivity contribution in [2.45, 2.75) is 33.4 Å². The predicted molar refractivity (Wildman–Crippen MR) is 82.9 cm³/mol. The average Bonchev–Trinajstić information content (AvgIpc) is 2.90. The van der Waals surface area contributed by atoms with Crippen molar-refractivity contribution in [3.8, 4) is 5.69 Å². The summed E-state index contributed by atoms with van der Waals surface area (Å²) >= 11 is 0. The summed E-state index contributed by atoms with van der Waals surface area (Å²) in [4.78, 5) is 15.9. The second-order valence-corrected chi connectivity index (χ2v) is 5.50. The molecule has 2 rings (SSSR count). The monoisotopic (exact) mass is 304 g/mol. The van der Waals surface area contributed by atoms with E-state index in [1.54, 1.807) is 42.9 Å². The zero-order chi connectivity index (χ0) is 16.3. The van der Waals surface area contributed by atoms with Crippen molar-refractivity contribution in [3.05, 3.63) is 47.8 Å². The molecule has 1 heterocycles. The second kappa shape index (κ2) is 6.70. The summed E-state index contributed by atoms with van der Waals surface area (Å²) in [7, 11) is 0. The van der Waals surface area contributed by atoms with E-state index in [0.717, 1.165) is 0 Å². The first-order chi connectivity index (χ1) is 10.4. The summed E-state index contributed by atoms with van der Waals surface area (Å²) in [5, 5.41) is 2.77. The number of imidazole rings is 1. The Kier molecular flexibility index (Phi) is 4.92. The molecule has 0 saturated heterocycles. The van der Waals surface area contributed by atoms with Crippen LogP contribution >= 0.6 is 0 Å². The molecule has 6 heteroatoms. The van der Waals surface area contributed by atoms with E-state index in [9.17, 15) is 9.18 Å². The number of nitrogens with two attached hydrogens (primary N) is 1. The number of rotatable bonds is 5. The smallest absolute Gasteiger partial charge is 0.224 e. The first-order valence-electron chi connectivity index (χ1n) is 7.22. The molecule has 0 saturated carbocycles. The Morgan fingerprint density at radius 2 is 2.18 bits per heavy atom. The normalized spacial score (nSPS) is 13.7. The maximum atomic E-state index is 14.2. The van der Waals surface area contributed by atoms with Crippen molar-refractivity contribution >= 4 is 5.91 Å². The molecule has 0 radical (unpaired) electrons. The van der Waals surface area contributed by atoms with Crippen molar-refractivity contribution < 1.29 is 9.18 Å². The van der Waals surface area contributed by atoms with Crippen LogP contribution in [0.3, 0.4) is 0 Å². The highest BCUT2D eigenvalue weighted by Gasteiger charge is 2.16. The minimum absolute atomic E-state index is 0.134. The van der Waals surface area contributed by atoms with Gasteiger partial charge in [0.05, 0.1) is 5.69 Å². The Labute approximate surface area is 129 Å². The van der Waals surface area contributed by atoms with Crippen LogP contribution in [-0.2, 0) is 11.3 Å². The number of carbonyl (C=O) groups is 1. The molecule has 22 heavy (non-hydrogen) atoms. The van der Waals surface area contributed by atoms with Crippen LogP contribution in [0.1, 0.15) is 25.2 Å². The van der Waals surface area contributed by atoms with Gasteiger partial charge in [-0.1, -0.05) is 13.0 Å². The van der Waals surface area contributed by atoms with Crippen molar-refractivity contribution in [1.29, 1.82) is 0 Å². The molecule has 0 aliphatic carbocycles. The van der Waals surface area contributed by atoms with E-state index in [0.29, 0.717) is 17.1 Å². The number of carbonyl (C=O) groups excluding carboxylic acids is 1. The largest absolute Gasteiger partial charge is 0.352 e. The molecule has 0 spiro atoms. The van der Waals surface area contributed by atoms with Gasteiger partial charge in [-0.25, -0.2) is 9.37 Å². The minimum atomic E-state index is -0.354. The summed E-state index contributed by atoms with van der Waals surface area (Å²) in [5.41, 5.74) is 6.83. The standard InChI is InChI=1S/C16H21FN4O/c1-10(11(2)18)16(22)20-9-13-4-5-15(14(17)8-13)21-7-6-19-12(21)3/h4-8,10-11H,9,18H2,1-3H3,(H,20,22). The van der Waals surface area contributed by atoms with E-state index in [2.05, 4.69) is 10.3 Å². The van der Waals surface area contributed by atoms with Crippen molar-refractivity contribution in [3.63, 3.8) is 0 Å². The van der Waals surface area contributed by atoms with Gasteiger partial charge in [0.2, 0.25) is 5.91 Å². The van der Waals surface area contributed by atoms with Gasteiger partial charge >= 0.3 is 0 Å². The van der Waals surface area contributed by atoms with Crippen LogP contribution in [0.25, 0.3) is 5.69 Å². The Balaban J connectivity index is 2.07. The van der Waals surface area contributed by atoms with Crippen LogP contribution in [0.4, 0.5) is 4.39 Å². The van der Waals surface area contributed by atoms with Gasteiger partial charge in [0.1, 0.15) is 11.6 Å². The Morgan fingerprint density at radius 3 is 2.73 bits per heavy atom. The zero-order valence-corrected chi connectivity index (χ0v) is 13.0. The average molecular weight is 304 g/mol. The van der Waals surface area contributed by atoms with E-state index in [-0.39, 0.29) is 30.2 Å². The molecular formula is C16H21FN4O. The lowest BCUT2D eigenvalue weighted by Crippen LogP contribution is -2.38. The molecule has 0 aliphatic rings. The molecule has 0 bridgehead atoms. The molecule has 3 N–H and O–H groups in total. The summed E-state index contributed by atoms with van der Waals surface area (Å²) in [6.45, 7) is 5.64. The van der Waals surface area contributed by atoms with E-state index in [4.69, 9.17) is 5.73 Å². The van der Waals surface area contributed by atoms with Gasteiger partial charge in [-0.2, -0.15) is 0 Å². The SMILES string of the molecule is Cc1nccn1-c1ccc(CNC(=O)C(C)C(C)N)cc1F. The van der Waals surface area contributed by atoms with Crippen molar-refractivity contribution in [1.82, 2.24) is 14.9 Å². The summed E-state index contributed by atoms with van der Waals surface area (Å²) in [6.07, 6.45) is 3.33. The summed E-state index contributed by atoms with van der Waals surface area (Å²) in [6, 6.07) is 4.67. The zero-order valence-electron chi connectivity index (χ0n) is 13.0. The quantitative estimate of drug-likeness (QED) is 0.886. The number of amides is 1. The van der Waals surface area contributed by atoms with Crippen LogP contribution < -0.4 is 11.1 Å². The number of aromatic nitrogens is 2. The lowest BCUT2D eigenvalue weighted by Gasteiger charge is -2.15. The third-order valence-corrected chi connectivity index (χ3v) is 3.77. The maximum Gasteiger partial charge on any atom is 0.224 e. The van der Waals surface area contributed by atoms with Crippen molar-refractivity contribution in [2.24, 2.45) is 11.7 Å². The first-order valence-corrected chi connectivity index (χ1v) is 7.22. The molecule has 5 nitrogen and oxygen atoms in total. The lowest BCUT2D eigenvalue weighted by molar-refractivity contribution is -0.125. The number of aryl methyl sites for hydroxylation is 1. The number of hydrogen-bond acceptors (Lipinski definition) is 3. The van der Waals surface area contributed by atoms with Crippen LogP contribution in [0.2, 0.25) is 0 Å². The number of nitrogens with zero attached hydrogens (tertiary/aromatic N) is 2. The fraction of sp³-hybridized carbons (Fsp3) is 0.375. The fourth-order valence-corrected chi connectivity index (χ4v) is 2.08. The van der Waals surface area contributed by atoms with Gasteiger partial charge in [0.15, 0.2) is 0 Å². The number of benzene rings is 1. The molecule has 1 aromatic carbocycles. The lowest BCUT2D eigenvalue weighted by atomic mass is 10.0. The van der Waals surface area contributed by atoms with Gasteiger partial charge in [-0.05, 0) is 31.5 Å². The predicted octanol–water partition coefficient (Wildman–Crippen LogP) is 1.92. The minimum Gasteiger partial charge on any atom is -0.352 e. The molecule has 0 aliphatic heterocycles. The number of nitrogens with one attached hydrogen (secondary N) is 1. The first kappa shape index (κ1) is 16.2. The Hall–Kier alpha value is -2.21. The molecule has 0 fully saturated rings. The van der Waals surface area contributed by atoms with E-state index >= 15 is 0 Å². The van der Waals surface area contributed by atoms with Gasteiger partial charge < -0.3 is 15.6 Å². The van der Waals surface area contributed by atoms with E-state index < -0.39 is 0 Å². The number of hydrogen-bond donors (Lipinski definition) is 2. The third-order valence-electron chi connectivity index (χ3n) is 3.77. The van der Waals surface area contributed by atoms with Gasteiger partial charge in [0, 0.05) is 30.9 Å². The van der Waals surface area contributed by atoms with Crippen LogP contribution in [-0.4, -0.2) is 21.5 Å². The topological polar surface area (TPSA) is 72.9 Å². The molecule has 1 amide bonds. The maximum absolute atomic E-state index is 14.2. The molecule has 2 atom stereocenters. The summed E-state index contributed by atoms with van der Waals surface area (Å²) < 4.78 is 15.9. The second-order valence-electron chi connectivity index (χ2n) is 5.50. The summed E-state index contributed by atoms with van der Waals surface area (Å²) in [5.74, 6) is -0.0542. The van der Waals surface area contributed by atoms with Crippen molar-refractivity contribution in [2.75, 3.05) is 0 Å². The number of halogens is 1. The molecule has 118 valence electrons. The van der Waals surface area contributed by atoms with Gasteiger partial charge in [-0.15, -0.1) is 0 Å². The van der Waals surface area contributed by atoms with E-state index in [1.165, 1.54) is 6.07 Å². The van der Waals surface area contributed by atoms with Gasteiger partial charge in [-0.3, -0.25) is 4.79 Å². The highest BCUT2D eigenvalue weighted by Crippen LogP contribution is 2.16.